The van der Waals surface area contributed by atoms with E-state index in [1.54, 1.807) is 55.6 Å². The Hall–Kier alpha value is -3.35. The van der Waals surface area contributed by atoms with Crippen molar-refractivity contribution in [3.05, 3.63) is 54.1 Å². The lowest BCUT2D eigenvalue weighted by Gasteiger charge is -2.08. The summed E-state index contributed by atoms with van der Waals surface area (Å²) < 4.78 is 9.91. The number of hydrogen-bond acceptors (Lipinski definition) is 5. The lowest BCUT2D eigenvalue weighted by atomic mass is 10.2. The van der Waals surface area contributed by atoms with Gasteiger partial charge >= 0.3 is 5.97 Å². The Kier molecular flexibility index (Phi) is 7.37. The Morgan fingerprint density at radius 2 is 1.48 bits per heavy atom. The molecule has 0 radical (unpaired) electrons. The molecule has 0 saturated carbocycles. The van der Waals surface area contributed by atoms with Crippen molar-refractivity contribution in [3.8, 4) is 5.75 Å². The van der Waals surface area contributed by atoms with Crippen LogP contribution in [0.4, 0.5) is 11.4 Å². The van der Waals surface area contributed by atoms with Crippen molar-refractivity contribution in [3.63, 3.8) is 0 Å². The Morgan fingerprint density at radius 3 is 2.07 bits per heavy atom. The fourth-order valence-electron chi connectivity index (χ4n) is 2.20. The number of methoxy groups -OCH3 is 1. The minimum absolute atomic E-state index is 0.272. The van der Waals surface area contributed by atoms with Crippen molar-refractivity contribution >= 4 is 29.2 Å². The van der Waals surface area contributed by atoms with Crippen LogP contribution < -0.4 is 15.4 Å². The largest absolute Gasteiger partial charge is 0.497 e. The van der Waals surface area contributed by atoms with Crippen LogP contribution in [-0.4, -0.2) is 31.5 Å². The summed E-state index contributed by atoms with van der Waals surface area (Å²) in [4.78, 5) is 35.3. The Balaban J connectivity index is 1.87. The molecule has 0 spiro atoms. The predicted molar refractivity (Wildman–Crippen MR) is 102 cm³/mol. The summed E-state index contributed by atoms with van der Waals surface area (Å²) in [5.74, 6) is -0.409. The number of nitrogens with one attached hydrogen (secondary N) is 2. The number of anilines is 2. The van der Waals surface area contributed by atoms with Gasteiger partial charge < -0.3 is 20.1 Å². The van der Waals surface area contributed by atoms with Gasteiger partial charge in [0, 0.05) is 23.4 Å². The number of ether oxygens (including phenoxy) is 2. The highest BCUT2D eigenvalue weighted by atomic mass is 16.5. The molecule has 2 aromatic rings. The van der Waals surface area contributed by atoms with Crippen molar-refractivity contribution in [1.82, 2.24) is 0 Å². The van der Waals surface area contributed by atoms with E-state index in [2.05, 4.69) is 10.6 Å². The molecule has 0 aliphatic carbocycles. The second-order valence-corrected chi connectivity index (χ2v) is 5.72. The maximum absolute atomic E-state index is 12.3. The molecule has 0 heterocycles. The molecule has 0 unspecified atom stereocenters. The van der Waals surface area contributed by atoms with Crippen LogP contribution >= 0.6 is 0 Å². The van der Waals surface area contributed by atoms with E-state index in [-0.39, 0.29) is 18.9 Å². The van der Waals surface area contributed by atoms with Crippen LogP contribution in [0.25, 0.3) is 0 Å². The fraction of sp³-hybridized carbons (Fsp3) is 0.250. The molecule has 0 saturated heterocycles. The first-order valence-electron chi connectivity index (χ1n) is 8.52. The van der Waals surface area contributed by atoms with Crippen molar-refractivity contribution in [2.45, 2.75) is 19.8 Å². The van der Waals surface area contributed by atoms with Gasteiger partial charge in [0.15, 0.2) is 6.61 Å². The van der Waals surface area contributed by atoms with E-state index in [4.69, 9.17) is 9.47 Å². The number of benzene rings is 2. The molecule has 0 bridgehead atoms. The lowest BCUT2D eigenvalue weighted by molar-refractivity contribution is -0.147. The average Bonchev–Trinajstić information content (AvgIpc) is 2.68. The first-order chi connectivity index (χ1) is 13.0. The van der Waals surface area contributed by atoms with Crippen molar-refractivity contribution in [2.75, 3.05) is 24.4 Å². The van der Waals surface area contributed by atoms with Gasteiger partial charge in [-0.25, -0.2) is 0 Å². The van der Waals surface area contributed by atoms with E-state index in [0.29, 0.717) is 29.1 Å². The van der Waals surface area contributed by atoms with E-state index < -0.39 is 11.9 Å². The predicted octanol–water partition coefficient (Wildman–Crippen LogP) is 3.23. The van der Waals surface area contributed by atoms with Gasteiger partial charge in [-0.2, -0.15) is 0 Å². The molecule has 2 rings (SSSR count). The Labute approximate surface area is 157 Å². The number of carbonyl (C=O) groups excluding carboxylic acids is 3. The summed E-state index contributed by atoms with van der Waals surface area (Å²) >= 11 is 0. The molecule has 142 valence electrons. The molecule has 7 nitrogen and oxygen atoms in total. The van der Waals surface area contributed by atoms with Gasteiger partial charge in [0.05, 0.1) is 7.11 Å². The highest BCUT2D eigenvalue weighted by molar-refractivity contribution is 6.04. The third-order valence-corrected chi connectivity index (χ3v) is 3.60. The van der Waals surface area contributed by atoms with E-state index in [1.807, 2.05) is 6.92 Å². The van der Waals surface area contributed by atoms with Crippen LogP contribution in [-0.2, 0) is 14.3 Å². The van der Waals surface area contributed by atoms with Gasteiger partial charge in [0.2, 0.25) is 0 Å². The number of esters is 1. The zero-order valence-electron chi connectivity index (χ0n) is 15.3. The molecular formula is C20H22N2O5. The lowest BCUT2D eigenvalue weighted by Crippen LogP contribution is -2.20. The van der Waals surface area contributed by atoms with Gasteiger partial charge in [-0.3, -0.25) is 14.4 Å². The van der Waals surface area contributed by atoms with Crippen LogP contribution in [0, 0.1) is 0 Å². The maximum Gasteiger partial charge on any atom is 0.306 e. The van der Waals surface area contributed by atoms with Gasteiger partial charge in [0.25, 0.3) is 11.8 Å². The van der Waals surface area contributed by atoms with Crippen molar-refractivity contribution in [1.29, 1.82) is 0 Å². The van der Waals surface area contributed by atoms with E-state index >= 15 is 0 Å². The van der Waals surface area contributed by atoms with E-state index in [9.17, 15) is 14.4 Å². The smallest absolute Gasteiger partial charge is 0.306 e. The zero-order valence-corrected chi connectivity index (χ0v) is 15.3. The monoisotopic (exact) mass is 370 g/mol. The second kappa shape index (κ2) is 9.96. The van der Waals surface area contributed by atoms with Gasteiger partial charge in [-0.15, -0.1) is 0 Å². The van der Waals surface area contributed by atoms with E-state index in [0.717, 1.165) is 0 Å². The summed E-state index contributed by atoms with van der Waals surface area (Å²) in [5.41, 5.74) is 1.60. The normalized spacial score (nSPS) is 10.0. The third-order valence-electron chi connectivity index (χ3n) is 3.60. The average molecular weight is 370 g/mol. The SMILES string of the molecule is CCCC(=O)OCC(=O)Nc1ccc(C(=O)Nc2ccc(OC)cc2)cc1. The summed E-state index contributed by atoms with van der Waals surface area (Å²) in [5, 5.41) is 5.38. The van der Waals surface area contributed by atoms with Gasteiger partial charge in [-0.1, -0.05) is 6.92 Å². The molecule has 0 aromatic heterocycles. The number of amides is 2. The Morgan fingerprint density at radius 1 is 0.889 bits per heavy atom. The zero-order chi connectivity index (χ0) is 19.6. The summed E-state index contributed by atoms with van der Waals surface area (Å²) in [6.45, 7) is 1.52. The molecule has 2 amide bonds. The quantitative estimate of drug-likeness (QED) is 0.696. The van der Waals surface area contributed by atoms with Crippen LogP contribution in [0.2, 0.25) is 0 Å². The molecule has 0 aliphatic rings. The topological polar surface area (TPSA) is 93.7 Å². The Bertz CT molecular complexity index is 785. The molecule has 27 heavy (non-hydrogen) atoms. The minimum atomic E-state index is -0.435. The van der Waals surface area contributed by atoms with Crippen molar-refractivity contribution < 1.29 is 23.9 Å². The molecule has 2 N–H and O–H groups in total. The van der Waals surface area contributed by atoms with Gasteiger partial charge in [0.1, 0.15) is 5.75 Å². The molecule has 2 aromatic carbocycles. The minimum Gasteiger partial charge on any atom is -0.497 e. The standard InChI is InChI=1S/C20H22N2O5/c1-3-4-19(24)27-13-18(23)21-15-7-5-14(6-8-15)20(25)22-16-9-11-17(26-2)12-10-16/h5-12H,3-4,13H2,1-2H3,(H,21,23)(H,22,25). The molecule has 7 heteroatoms. The number of rotatable bonds is 8. The number of hydrogen-bond donors (Lipinski definition) is 2. The van der Waals surface area contributed by atoms with E-state index in [1.165, 1.54) is 0 Å². The third kappa shape index (κ3) is 6.47. The molecule has 0 atom stereocenters. The van der Waals surface area contributed by atoms with Crippen LogP contribution in [0.3, 0.4) is 0 Å². The highest BCUT2D eigenvalue weighted by Crippen LogP contribution is 2.16. The summed E-state index contributed by atoms with van der Waals surface area (Å²) in [6.07, 6.45) is 0.950. The summed E-state index contributed by atoms with van der Waals surface area (Å²) in [6, 6.07) is 13.4. The maximum atomic E-state index is 12.3. The van der Waals surface area contributed by atoms with Crippen LogP contribution in [0.15, 0.2) is 48.5 Å². The first-order valence-corrected chi connectivity index (χ1v) is 8.52. The highest BCUT2D eigenvalue weighted by Gasteiger charge is 2.09. The van der Waals surface area contributed by atoms with Crippen molar-refractivity contribution in [2.24, 2.45) is 0 Å². The molecule has 0 aliphatic heterocycles. The van der Waals surface area contributed by atoms with Crippen LogP contribution in [0.5, 0.6) is 5.75 Å². The molecular weight excluding hydrogens is 348 g/mol. The molecule has 0 fully saturated rings. The van der Waals surface area contributed by atoms with Crippen LogP contribution in [0.1, 0.15) is 30.1 Å². The summed E-state index contributed by atoms with van der Waals surface area (Å²) in [7, 11) is 1.57. The number of carbonyl (C=O) groups is 3. The van der Waals surface area contributed by atoms with Gasteiger partial charge in [-0.05, 0) is 55.0 Å². The fourth-order valence-corrected chi connectivity index (χ4v) is 2.20. The first kappa shape index (κ1) is 20.0. The second-order valence-electron chi connectivity index (χ2n) is 5.72.